The quantitative estimate of drug-likeness (QED) is 0.544. The van der Waals surface area contributed by atoms with Gasteiger partial charge in [0.2, 0.25) is 5.89 Å². The van der Waals surface area contributed by atoms with Gasteiger partial charge < -0.3 is 9.15 Å². The highest BCUT2D eigenvalue weighted by Crippen LogP contribution is 2.26. The van der Waals surface area contributed by atoms with Gasteiger partial charge in [-0.15, -0.1) is 10.2 Å². The predicted molar refractivity (Wildman–Crippen MR) is 92.8 cm³/mol. The third-order valence-electron chi connectivity index (χ3n) is 3.87. The number of ether oxygens (including phenoxy) is 1. The Bertz CT molecular complexity index is 969. The number of nitrogens with zero attached hydrogens (tertiary/aromatic N) is 2. The minimum Gasteiger partial charge on any atom is -0.483 e. The lowest BCUT2D eigenvalue weighted by Crippen LogP contribution is -1.96. The maximum atomic E-state index is 5.88. The van der Waals surface area contributed by atoms with E-state index in [4.69, 9.17) is 9.15 Å². The monoisotopic (exact) mass is 316 g/mol. The van der Waals surface area contributed by atoms with Crippen LogP contribution in [0.4, 0.5) is 0 Å². The first-order chi connectivity index (χ1) is 11.8. The van der Waals surface area contributed by atoms with Crippen molar-refractivity contribution >= 4 is 10.8 Å². The van der Waals surface area contributed by atoms with Gasteiger partial charge in [-0.3, -0.25) is 0 Å². The Morgan fingerprint density at radius 2 is 1.67 bits per heavy atom. The second-order valence-corrected chi connectivity index (χ2v) is 5.63. The van der Waals surface area contributed by atoms with Crippen LogP contribution >= 0.6 is 0 Å². The fourth-order valence-electron chi connectivity index (χ4n) is 2.59. The molecule has 0 radical (unpaired) electrons. The second-order valence-electron chi connectivity index (χ2n) is 5.63. The van der Waals surface area contributed by atoms with Crippen LogP contribution in [-0.2, 0) is 6.61 Å². The molecule has 0 saturated carbocycles. The molecule has 0 fully saturated rings. The molecular weight excluding hydrogens is 300 g/mol. The van der Waals surface area contributed by atoms with E-state index < -0.39 is 0 Å². The molecule has 118 valence electrons. The van der Waals surface area contributed by atoms with Crippen LogP contribution in [-0.4, -0.2) is 10.2 Å². The average Bonchev–Trinajstić information content (AvgIpc) is 3.09. The molecule has 4 heteroatoms. The van der Waals surface area contributed by atoms with Gasteiger partial charge in [-0.25, -0.2) is 0 Å². The average molecular weight is 316 g/mol. The molecule has 0 spiro atoms. The summed E-state index contributed by atoms with van der Waals surface area (Å²) in [5.74, 6) is 1.77. The Morgan fingerprint density at radius 3 is 2.54 bits per heavy atom. The molecule has 24 heavy (non-hydrogen) atoms. The standard InChI is InChI=1S/C20H16N2O2/c1-14-9-11-16(12-10-14)20-22-21-19(24-20)13-23-18-8-4-6-15-5-2-3-7-17(15)18/h2-12H,13H2,1H3. The van der Waals surface area contributed by atoms with Crippen molar-refractivity contribution in [3.63, 3.8) is 0 Å². The first-order valence-corrected chi connectivity index (χ1v) is 7.79. The van der Waals surface area contributed by atoms with E-state index in [9.17, 15) is 0 Å². The molecule has 0 atom stereocenters. The van der Waals surface area contributed by atoms with Gasteiger partial charge in [0.1, 0.15) is 5.75 Å². The van der Waals surface area contributed by atoms with Gasteiger partial charge in [-0.2, -0.15) is 0 Å². The fraction of sp³-hybridized carbons (Fsp3) is 0.100. The summed E-state index contributed by atoms with van der Waals surface area (Å²) in [7, 11) is 0. The van der Waals surface area contributed by atoms with Crippen LogP contribution in [0.1, 0.15) is 11.5 Å². The number of hydrogen-bond donors (Lipinski definition) is 0. The number of aromatic nitrogens is 2. The van der Waals surface area contributed by atoms with Crippen molar-refractivity contribution in [1.29, 1.82) is 0 Å². The van der Waals surface area contributed by atoms with Crippen molar-refractivity contribution in [3.05, 3.63) is 78.2 Å². The molecule has 0 amide bonds. The Balaban J connectivity index is 1.53. The molecular formula is C20H16N2O2. The van der Waals surface area contributed by atoms with E-state index >= 15 is 0 Å². The predicted octanol–water partition coefficient (Wildman–Crippen LogP) is 4.78. The Morgan fingerprint density at radius 1 is 0.875 bits per heavy atom. The summed E-state index contributed by atoms with van der Waals surface area (Å²) in [6.07, 6.45) is 0. The van der Waals surface area contributed by atoms with Crippen molar-refractivity contribution in [2.75, 3.05) is 0 Å². The van der Waals surface area contributed by atoms with Gasteiger partial charge in [-0.05, 0) is 30.5 Å². The summed E-state index contributed by atoms with van der Waals surface area (Å²) in [4.78, 5) is 0. The van der Waals surface area contributed by atoms with Crippen LogP contribution in [0.25, 0.3) is 22.2 Å². The zero-order valence-corrected chi connectivity index (χ0v) is 13.3. The highest BCUT2D eigenvalue weighted by Gasteiger charge is 2.10. The van der Waals surface area contributed by atoms with Crippen molar-refractivity contribution < 1.29 is 9.15 Å². The molecule has 0 N–H and O–H groups in total. The van der Waals surface area contributed by atoms with Crippen molar-refractivity contribution in [3.8, 4) is 17.2 Å². The van der Waals surface area contributed by atoms with Crippen LogP contribution < -0.4 is 4.74 Å². The van der Waals surface area contributed by atoms with Crippen LogP contribution in [0.15, 0.2) is 71.1 Å². The molecule has 4 rings (SSSR count). The van der Waals surface area contributed by atoms with E-state index in [1.807, 2.05) is 61.5 Å². The van der Waals surface area contributed by atoms with E-state index in [1.54, 1.807) is 0 Å². The smallest absolute Gasteiger partial charge is 0.254 e. The first kappa shape index (κ1) is 14.5. The lowest BCUT2D eigenvalue weighted by Gasteiger charge is -2.07. The highest BCUT2D eigenvalue weighted by molar-refractivity contribution is 5.88. The van der Waals surface area contributed by atoms with E-state index in [0.29, 0.717) is 11.8 Å². The van der Waals surface area contributed by atoms with Crippen molar-refractivity contribution in [1.82, 2.24) is 10.2 Å². The molecule has 4 aromatic rings. The van der Waals surface area contributed by atoms with Gasteiger partial charge >= 0.3 is 0 Å². The summed E-state index contributed by atoms with van der Waals surface area (Å²) in [5.41, 5.74) is 2.10. The molecule has 0 aliphatic rings. The summed E-state index contributed by atoms with van der Waals surface area (Å²) in [5, 5.41) is 10.4. The molecule has 3 aromatic carbocycles. The summed E-state index contributed by atoms with van der Waals surface area (Å²) >= 11 is 0. The Labute approximate surface area is 139 Å². The van der Waals surface area contributed by atoms with Gasteiger partial charge in [0.05, 0.1) is 0 Å². The lowest BCUT2D eigenvalue weighted by atomic mass is 10.1. The van der Waals surface area contributed by atoms with Crippen LogP contribution in [0.2, 0.25) is 0 Å². The molecule has 1 aromatic heterocycles. The van der Waals surface area contributed by atoms with Crippen LogP contribution in [0.3, 0.4) is 0 Å². The van der Waals surface area contributed by atoms with Crippen molar-refractivity contribution in [2.24, 2.45) is 0 Å². The topological polar surface area (TPSA) is 48.2 Å². The molecule has 0 aliphatic heterocycles. The molecule has 0 aliphatic carbocycles. The molecule has 4 nitrogen and oxygen atoms in total. The zero-order valence-electron chi connectivity index (χ0n) is 13.3. The second kappa shape index (κ2) is 6.16. The Hall–Kier alpha value is -3.14. The number of fused-ring (bicyclic) bond motifs is 1. The molecule has 1 heterocycles. The van der Waals surface area contributed by atoms with Gasteiger partial charge in [0.15, 0.2) is 6.61 Å². The highest BCUT2D eigenvalue weighted by atomic mass is 16.5. The summed E-state index contributed by atoms with van der Waals surface area (Å²) < 4.78 is 11.6. The largest absolute Gasteiger partial charge is 0.483 e. The van der Waals surface area contributed by atoms with E-state index in [-0.39, 0.29) is 6.61 Å². The minimum atomic E-state index is 0.243. The summed E-state index contributed by atoms with van der Waals surface area (Å²) in [6, 6.07) is 22.1. The maximum Gasteiger partial charge on any atom is 0.254 e. The van der Waals surface area contributed by atoms with Crippen LogP contribution in [0.5, 0.6) is 5.75 Å². The summed E-state index contributed by atoms with van der Waals surface area (Å²) in [6.45, 7) is 2.29. The zero-order chi connectivity index (χ0) is 16.4. The molecule has 0 unspecified atom stereocenters. The van der Waals surface area contributed by atoms with Gasteiger partial charge in [-0.1, -0.05) is 54.1 Å². The van der Waals surface area contributed by atoms with E-state index in [1.165, 1.54) is 5.56 Å². The number of hydrogen-bond acceptors (Lipinski definition) is 4. The minimum absolute atomic E-state index is 0.243. The fourth-order valence-corrected chi connectivity index (χ4v) is 2.59. The maximum absolute atomic E-state index is 5.88. The SMILES string of the molecule is Cc1ccc(-c2nnc(COc3cccc4ccccc34)o2)cc1. The molecule has 0 bridgehead atoms. The van der Waals surface area contributed by atoms with Gasteiger partial charge in [0.25, 0.3) is 5.89 Å². The molecule has 0 saturated heterocycles. The first-order valence-electron chi connectivity index (χ1n) is 7.79. The van der Waals surface area contributed by atoms with E-state index in [2.05, 4.69) is 22.3 Å². The van der Waals surface area contributed by atoms with E-state index in [0.717, 1.165) is 22.1 Å². The number of benzene rings is 3. The van der Waals surface area contributed by atoms with Crippen LogP contribution in [0, 0.1) is 6.92 Å². The third-order valence-corrected chi connectivity index (χ3v) is 3.87. The lowest BCUT2D eigenvalue weighted by molar-refractivity contribution is 0.267. The third kappa shape index (κ3) is 2.86. The number of rotatable bonds is 4. The Kier molecular flexibility index (Phi) is 3.71. The van der Waals surface area contributed by atoms with Gasteiger partial charge in [0, 0.05) is 10.9 Å². The normalized spacial score (nSPS) is 10.9. The van der Waals surface area contributed by atoms with Crippen molar-refractivity contribution in [2.45, 2.75) is 13.5 Å². The number of aryl methyl sites for hydroxylation is 1.